The van der Waals surface area contributed by atoms with Gasteiger partial charge in [0.25, 0.3) is 0 Å². The van der Waals surface area contributed by atoms with Crippen molar-refractivity contribution in [2.75, 3.05) is 25.1 Å². The number of hydrogen-bond acceptors (Lipinski definition) is 5. The van der Waals surface area contributed by atoms with Crippen LogP contribution in [0.5, 0.6) is 0 Å². The van der Waals surface area contributed by atoms with Gasteiger partial charge in [0.15, 0.2) is 0 Å². The molecular formula is C30H50ClNO4. The SMILES string of the molecule is CCCCCCC(Cl)CCCCCCCCCCCNc1ccc(C(=O)OCCC(=O)OCC)cc1. The van der Waals surface area contributed by atoms with Gasteiger partial charge >= 0.3 is 11.9 Å². The predicted molar refractivity (Wildman–Crippen MR) is 151 cm³/mol. The van der Waals surface area contributed by atoms with Gasteiger partial charge in [-0.25, -0.2) is 4.79 Å². The molecule has 0 aliphatic rings. The molecule has 6 heteroatoms. The Morgan fingerprint density at radius 3 is 1.92 bits per heavy atom. The quantitative estimate of drug-likeness (QED) is 0.0882. The standard InChI is InChI=1S/C30H50ClNO4/c1-3-5-6-14-17-27(31)18-15-12-10-8-7-9-11-13-16-24-32-28-21-19-26(20-22-28)30(34)36-25-23-29(33)35-4-2/h19-22,27,32H,3-18,23-25H2,1-2H3. The zero-order valence-electron chi connectivity index (χ0n) is 22.8. The molecule has 0 aliphatic heterocycles. The lowest BCUT2D eigenvalue weighted by Gasteiger charge is -2.09. The summed E-state index contributed by atoms with van der Waals surface area (Å²) in [6.45, 7) is 5.29. The first-order valence-corrected chi connectivity index (χ1v) is 14.8. The average Bonchev–Trinajstić information content (AvgIpc) is 2.87. The Bertz CT molecular complexity index is 680. The second-order valence-corrected chi connectivity index (χ2v) is 10.2. The molecule has 5 nitrogen and oxygen atoms in total. The Hall–Kier alpha value is -1.75. The van der Waals surface area contributed by atoms with Crippen molar-refractivity contribution in [3.63, 3.8) is 0 Å². The van der Waals surface area contributed by atoms with Gasteiger partial charge in [-0.1, -0.05) is 84.0 Å². The van der Waals surface area contributed by atoms with Gasteiger partial charge in [0.05, 0.1) is 18.6 Å². The molecule has 1 rings (SSSR count). The number of alkyl halides is 1. The highest BCUT2D eigenvalue weighted by Crippen LogP contribution is 2.18. The van der Waals surface area contributed by atoms with Gasteiger partial charge in [0.2, 0.25) is 0 Å². The molecule has 0 heterocycles. The van der Waals surface area contributed by atoms with Gasteiger partial charge in [0, 0.05) is 17.6 Å². The first-order chi connectivity index (χ1) is 17.6. The summed E-state index contributed by atoms with van der Waals surface area (Å²) in [5.74, 6) is -0.781. The molecule has 1 unspecified atom stereocenters. The number of rotatable bonds is 23. The van der Waals surface area contributed by atoms with E-state index in [-0.39, 0.29) is 19.0 Å². The smallest absolute Gasteiger partial charge is 0.338 e. The molecule has 0 saturated carbocycles. The molecule has 1 aromatic rings. The van der Waals surface area contributed by atoms with Crippen LogP contribution in [0.25, 0.3) is 0 Å². The third kappa shape index (κ3) is 17.6. The fraction of sp³-hybridized carbons (Fsp3) is 0.733. The van der Waals surface area contributed by atoms with Crippen LogP contribution in [0.4, 0.5) is 5.69 Å². The van der Waals surface area contributed by atoms with E-state index < -0.39 is 5.97 Å². The van der Waals surface area contributed by atoms with Gasteiger partial charge in [0.1, 0.15) is 6.61 Å². The molecular weight excluding hydrogens is 474 g/mol. The number of carbonyl (C=O) groups is 2. The first kappa shape index (κ1) is 32.3. The van der Waals surface area contributed by atoms with E-state index in [1.54, 1.807) is 19.1 Å². The van der Waals surface area contributed by atoms with Crippen molar-refractivity contribution < 1.29 is 19.1 Å². The lowest BCUT2D eigenvalue weighted by atomic mass is 10.0. The predicted octanol–water partition coefficient (Wildman–Crippen LogP) is 8.69. The minimum absolute atomic E-state index is 0.0331. The Morgan fingerprint density at radius 2 is 1.33 bits per heavy atom. The van der Waals surface area contributed by atoms with Crippen LogP contribution in [0.2, 0.25) is 0 Å². The number of anilines is 1. The summed E-state index contributed by atoms with van der Waals surface area (Å²) in [5.41, 5.74) is 1.48. The molecule has 0 bridgehead atoms. The Morgan fingerprint density at radius 1 is 0.778 bits per heavy atom. The van der Waals surface area contributed by atoms with E-state index in [1.165, 1.54) is 89.9 Å². The molecule has 0 amide bonds. The molecule has 0 radical (unpaired) electrons. The van der Waals surface area contributed by atoms with Crippen LogP contribution >= 0.6 is 11.6 Å². The van der Waals surface area contributed by atoms with E-state index in [9.17, 15) is 9.59 Å². The third-order valence-corrected chi connectivity index (χ3v) is 6.80. The number of nitrogens with one attached hydrogen (secondary N) is 1. The van der Waals surface area contributed by atoms with Gasteiger partial charge in [-0.3, -0.25) is 4.79 Å². The van der Waals surface area contributed by atoms with Gasteiger partial charge < -0.3 is 14.8 Å². The topological polar surface area (TPSA) is 64.6 Å². The van der Waals surface area contributed by atoms with E-state index >= 15 is 0 Å². The van der Waals surface area contributed by atoms with E-state index in [0.29, 0.717) is 17.5 Å². The highest BCUT2D eigenvalue weighted by Gasteiger charge is 2.09. The summed E-state index contributed by atoms with van der Waals surface area (Å²) < 4.78 is 9.94. The fourth-order valence-electron chi connectivity index (χ4n) is 4.17. The van der Waals surface area contributed by atoms with Crippen LogP contribution in [-0.2, 0) is 14.3 Å². The molecule has 206 valence electrons. The van der Waals surface area contributed by atoms with Crippen LogP contribution < -0.4 is 5.32 Å². The summed E-state index contributed by atoms with van der Waals surface area (Å²) in [6.07, 6.45) is 19.4. The third-order valence-electron chi connectivity index (χ3n) is 6.36. The number of esters is 2. The van der Waals surface area contributed by atoms with Gasteiger partial charge in [-0.15, -0.1) is 11.6 Å². The largest absolute Gasteiger partial charge is 0.466 e. The zero-order valence-corrected chi connectivity index (χ0v) is 23.6. The van der Waals surface area contributed by atoms with Crippen molar-refractivity contribution in [2.45, 2.75) is 122 Å². The zero-order chi connectivity index (χ0) is 26.3. The number of benzene rings is 1. The monoisotopic (exact) mass is 523 g/mol. The van der Waals surface area contributed by atoms with Crippen molar-refractivity contribution in [1.82, 2.24) is 0 Å². The minimum atomic E-state index is -0.424. The highest BCUT2D eigenvalue weighted by molar-refractivity contribution is 6.20. The molecule has 36 heavy (non-hydrogen) atoms. The molecule has 0 saturated heterocycles. The maximum Gasteiger partial charge on any atom is 0.338 e. The van der Waals surface area contributed by atoms with E-state index in [0.717, 1.165) is 18.7 Å². The normalized spacial score (nSPS) is 11.8. The Labute approximate surface area is 225 Å². The number of carbonyl (C=O) groups excluding carboxylic acids is 2. The van der Waals surface area contributed by atoms with Crippen LogP contribution in [0, 0.1) is 0 Å². The average molecular weight is 524 g/mol. The van der Waals surface area contributed by atoms with Gasteiger partial charge in [-0.05, 0) is 50.5 Å². The van der Waals surface area contributed by atoms with Crippen LogP contribution in [0.15, 0.2) is 24.3 Å². The minimum Gasteiger partial charge on any atom is -0.466 e. The Kier molecular flexibility index (Phi) is 20.1. The fourth-order valence-corrected chi connectivity index (χ4v) is 4.47. The van der Waals surface area contributed by atoms with E-state index in [2.05, 4.69) is 12.2 Å². The maximum absolute atomic E-state index is 12.0. The molecule has 1 atom stereocenters. The van der Waals surface area contributed by atoms with Crippen LogP contribution in [-0.4, -0.2) is 37.1 Å². The lowest BCUT2D eigenvalue weighted by Crippen LogP contribution is -2.12. The summed E-state index contributed by atoms with van der Waals surface area (Å²) >= 11 is 6.44. The summed E-state index contributed by atoms with van der Waals surface area (Å²) in [6, 6.07) is 7.27. The highest BCUT2D eigenvalue weighted by atomic mass is 35.5. The summed E-state index contributed by atoms with van der Waals surface area (Å²) in [5, 5.41) is 3.80. The molecule has 0 aromatic heterocycles. The van der Waals surface area contributed by atoms with Crippen molar-refractivity contribution in [3.8, 4) is 0 Å². The van der Waals surface area contributed by atoms with E-state index in [4.69, 9.17) is 21.1 Å². The number of hydrogen-bond donors (Lipinski definition) is 1. The first-order valence-electron chi connectivity index (χ1n) is 14.4. The maximum atomic E-state index is 12.0. The number of ether oxygens (including phenoxy) is 2. The summed E-state index contributed by atoms with van der Waals surface area (Å²) in [7, 11) is 0. The van der Waals surface area contributed by atoms with E-state index in [1.807, 2.05) is 12.1 Å². The second-order valence-electron chi connectivity index (χ2n) is 9.61. The Balaban J connectivity index is 1.95. The van der Waals surface area contributed by atoms with Crippen LogP contribution in [0.1, 0.15) is 127 Å². The molecule has 0 aliphatic carbocycles. The van der Waals surface area contributed by atoms with Crippen molar-refractivity contribution >= 4 is 29.2 Å². The number of halogens is 1. The van der Waals surface area contributed by atoms with Crippen molar-refractivity contribution in [2.24, 2.45) is 0 Å². The van der Waals surface area contributed by atoms with Crippen LogP contribution in [0.3, 0.4) is 0 Å². The molecule has 1 N–H and O–H groups in total. The second kappa shape index (κ2) is 22.4. The lowest BCUT2D eigenvalue weighted by molar-refractivity contribution is -0.143. The molecule has 0 fully saturated rings. The van der Waals surface area contributed by atoms with Crippen molar-refractivity contribution in [3.05, 3.63) is 29.8 Å². The van der Waals surface area contributed by atoms with Gasteiger partial charge in [-0.2, -0.15) is 0 Å². The number of unbranched alkanes of at least 4 members (excludes halogenated alkanes) is 11. The summed E-state index contributed by atoms with van der Waals surface area (Å²) in [4.78, 5) is 23.3. The molecule has 0 spiro atoms. The molecule has 1 aromatic carbocycles. The van der Waals surface area contributed by atoms with Crippen molar-refractivity contribution in [1.29, 1.82) is 0 Å².